The van der Waals surface area contributed by atoms with Crippen LogP contribution >= 0.6 is 11.8 Å². The van der Waals surface area contributed by atoms with Crippen molar-refractivity contribution >= 4 is 35.5 Å². The lowest BCUT2D eigenvalue weighted by atomic mass is 10.1. The lowest BCUT2D eigenvalue weighted by molar-refractivity contribution is -0.146. The second-order valence-corrected chi connectivity index (χ2v) is 9.62. The topological polar surface area (TPSA) is 122 Å². The normalized spacial score (nSPS) is 18.7. The molecule has 0 spiro atoms. The van der Waals surface area contributed by atoms with Crippen molar-refractivity contribution in [2.45, 2.75) is 36.9 Å². The van der Waals surface area contributed by atoms with Gasteiger partial charge in [0.15, 0.2) is 0 Å². The van der Waals surface area contributed by atoms with Gasteiger partial charge in [0.05, 0.1) is 24.8 Å². The monoisotopic (exact) mass is 510 g/mol. The number of carboxylic acids is 1. The summed E-state index contributed by atoms with van der Waals surface area (Å²) in [5.41, 5.74) is 1.75. The van der Waals surface area contributed by atoms with Crippen LogP contribution < -0.4 is 10.1 Å². The van der Waals surface area contributed by atoms with Crippen molar-refractivity contribution in [3.05, 3.63) is 77.0 Å². The van der Waals surface area contributed by atoms with Gasteiger partial charge in [-0.15, -0.1) is 11.8 Å². The molecule has 2 N–H and O–H groups in total. The molecule has 4 rings (SSSR count). The first-order valence-electron chi connectivity index (χ1n) is 11.4. The molecular weight excluding hydrogens is 484 g/mol. The summed E-state index contributed by atoms with van der Waals surface area (Å²) in [6.07, 6.45) is 0.904. The number of aliphatic carboxylic acids is 1. The Labute approximate surface area is 212 Å². The maximum atomic E-state index is 13.0. The van der Waals surface area contributed by atoms with E-state index in [9.17, 15) is 24.3 Å². The van der Waals surface area contributed by atoms with Gasteiger partial charge in [-0.1, -0.05) is 48.5 Å². The molecule has 2 atom stereocenters. The van der Waals surface area contributed by atoms with Gasteiger partial charge in [-0.05, 0) is 11.6 Å². The summed E-state index contributed by atoms with van der Waals surface area (Å²) < 4.78 is 11.0. The van der Waals surface area contributed by atoms with Crippen LogP contribution in [0.2, 0.25) is 0 Å². The van der Waals surface area contributed by atoms with Crippen molar-refractivity contribution < 1.29 is 33.8 Å². The molecule has 2 aromatic rings. The number of nitrogens with one attached hydrogen (secondary N) is 1. The van der Waals surface area contributed by atoms with E-state index in [1.54, 1.807) is 12.1 Å². The van der Waals surface area contributed by atoms with Crippen LogP contribution in [0.15, 0.2) is 65.9 Å². The Bertz CT molecular complexity index is 1200. The average molecular weight is 511 g/mol. The van der Waals surface area contributed by atoms with Gasteiger partial charge in [-0.3, -0.25) is 19.3 Å². The maximum Gasteiger partial charge on any atom is 0.352 e. The largest absolute Gasteiger partial charge is 0.493 e. The third kappa shape index (κ3) is 5.88. The number of nitrogens with zero attached hydrogens (tertiary/aromatic N) is 1. The first-order chi connectivity index (χ1) is 17.3. The number of carbonyl (C=O) groups is 4. The highest BCUT2D eigenvalue weighted by Gasteiger charge is 2.49. The van der Waals surface area contributed by atoms with Gasteiger partial charge in [0, 0.05) is 24.5 Å². The minimum absolute atomic E-state index is 0.00906. The van der Waals surface area contributed by atoms with E-state index in [0.717, 1.165) is 12.0 Å². The molecule has 2 aliphatic heterocycles. The molecule has 0 bridgehead atoms. The van der Waals surface area contributed by atoms with Crippen LogP contribution in [0.25, 0.3) is 0 Å². The molecule has 0 aromatic heterocycles. The minimum atomic E-state index is -1.31. The average Bonchev–Trinajstić information content (AvgIpc) is 2.84. The molecule has 9 nitrogen and oxygen atoms in total. The van der Waals surface area contributed by atoms with Gasteiger partial charge in [0.25, 0.3) is 0 Å². The molecule has 2 aliphatic rings. The Morgan fingerprint density at radius 1 is 1.11 bits per heavy atom. The number of esters is 1. The number of β-lactam (4-membered cyclic amide) rings is 1. The van der Waals surface area contributed by atoms with Crippen molar-refractivity contribution in [3.8, 4) is 5.75 Å². The van der Waals surface area contributed by atoms with E-state index < -0.39 is 22.7 Å². The standard InChI is InChI=1S/C26H26N2O7S/c1-16(29)35-15-19-24(26(32)33)28-22(31)14-23(28)36-25(19)27-21(30)13-18-9-5-6-10-20(18)34-12-11-17-7-3-2-4-8-17/h2-10,23,25H,11-15H2,1H3,(H,27,30)(H,32,33)/t23-,25?/m1/s1. The van der Waals surface area contributed by atoms with Crippen molar-refractivity contribution in [1.82, 2.24) is 10.2 Å². The van der Waals surface area contributed by atoms with Crippen LogP contribution in [0.5, 0.6) is 5.75 Å². The van der Waals surface area contributed by atoms with Crippen LogP contribution in [0.1, 0.15) is 24.5 Å². The highest BCUT2D eigenvalue weighted by atomic mass is 32.2. The number of carbonyl (C=O) groups excluding carboxylic acids is 3. The number of hydrogen-bond acceptors (Lipinski definition) is 7. The lowest BCUT2D eigenvalue weighted by Crippen LogP contribution is -2.57. The third-order valence-electron chi connectivity index (χ3n) is 5.80. The summed E-state index contributed by atoms with van der Waals surface area (Å²) in [5.74, 6) is -1.99. The molecule has 0 saturated carbocycles. The molecule has 2 heterocycles. The number of rotatable bonds is 10. The predicted molar refractivity (Wildman–Crippen MR) is 132 cm³/mol. The summed E-state index contributed by atoms with van der Waals surface area (Å²) in [6, 6.07) is 17.2. The number of benzene rings is 2. The Kier molecular flexibility index (Phi) is 7.94. The number of carboxylic acid groups (broad SMARTS) is 1. The van der Waals surface area contributed by atoms with Crippen LogP contribution in [0.4, 0.5) is 0 Å². The van der Waals surface area contributed by atoms with Gasteiger partial charge in [-0.2, -0.15) is 0 Å². The third-order valence-corrected chi connectivity index (χ3v) is 7.17. The zero-order valence-corrected chi connectivity index (χ0v) is 20.5. The molecule has 1 fully saturated rings. The predicted octanol–water partition coefficient (Wildman–Crippen LogP) is 2.50. The summed E-state index contributed by atoms with van der Waals surface area (Å²) in [6.45, 7) is 1.31. The van der Waals surface area contributed by atoms with Gasteiger partial charge < -0.3 is 19.9 Å². The fourth-order valence-electron chi connectivity index (χ4n) is 4.05. The Balaban J connectivity index is 1.46. The van der Waals surface area contributed by atoms with Crippen LogP contribution in [0, 0.1) is 0 Å². The van der Waals surface area contributed by atoms with E-state index in [4.69, 9.17) is 9.47 Å². The summed E-state index contributed by atoms with van der Waals surface area (Å²) >= 11 is 1.25. The summed E-state index contributed by atoms with van der Waals surface area (Å²) in [5, 5.41) is 11.5. The molecule has 0 aliphatic carbocycles. The number of thioether (sulfide) groups is 1. The van der Waals surface area contributed by atoms with Crippen molar-refractivity contribution in [2.75, 3.05) is 13.2 Å². The van der Waals surface area contributed by atoms with E-state index in [2.05, 4.69) is 5.32 Å². The highest BCUT2D eigenvalue weighted by Crippen LogP contribution is 2.43. The van der Waals surface area contributed by atoms with Gasteiger partial charge in [0.2, 0.25) is 11.8 Å². The zero-order chi connectivity index (χ0) is 25.7. The van der Waals surface area contributed by atoms with Gasteiger partial charge in [0.1, 0.15) is 23.4 Å². The number of ether oxygens (including phenoxy) is 2. The first kappa shape index (κ1) is 25.3. The van der Waals surface area contributed by atoms with E-state index >= 15 is 0 Å². The van der Waals surface area contributed by atoms with Gasteiger partial charge >= 0.3 is 11.9 Å². The number of para-hydroxylation sites is 1. The molecule has 36 heavy (non-hydrogen) atoms. The van der Waals surface area contributed by atoms with Crippen molar-refractivity contribution in [2.24, 2.45) is 0 Å². The molecule has 10 heteroatoms. The Morgan fingerprint density at radius 3 is 2.53 bits per heavy atom. The van der Waals surface area contributed by atoms with E-state index in [0.29, 0.717) is 17.9 Å². The second kappa shape index (κ2) is 11.3. The number of fused-ring (bicyclic) bond motifs is 1. The second-order valence-electron chi connectivity index (χ2n) is 8.33. The van der Waals surface area contributed by atoms with Crippen LogP contribution in [-0.4, -0.2) is 57.7 Å². The van der Waals surface area contributed by atoms with Crippen molar-refractivity contribution in [1.29, 1.82) is 0 Å². The van der Waals surface area contributed by atoms with E-state index in [-0.39, 0.29) is 42.5 Å². The minimum Gasteiger partial charge on any atom is -0.493 e. The molecular formula is C26H26N2O7S. The smallest absolute Gasteiger partial charge is 0.352 e. The van der Waals surface area contributed by atoms with Crippen LogP contribution in [-0.2, 0) is 36.8 Å². The number of amides is 2. The lowest BCUT2D eigenvalue weighted by Gasteiger charge is -2.46. The van der Waals surface area contributed by atoms with Crippen LogP contribution in [0.3, 0.4) is 0 Å². The zero-order valence-electron chi connectivity index (χ0n) is 19.6. The fraction of sp³-hybridized carbons (Fsp3) is 0.308. The van der Waals surface area contributed by atoms with E-state index in [1.807, 2.05) is 42.5 Å². The molecule has 188 valence electrons. The summed E-state index contributed by atoms with van der Waals surface area (Å²) in [7, 11) is 0. The first-order valence-corrected chi connectivity index (χ1v) is 12.4. The van der Waals surface area contributed by atoms with Crippen molar-refractivity contribution in [3.63, 3.8) is 0 Å². The molecule has 1 unspecified atom stereocenters. The fourth-order valence-corrected chi connectivity index (χ4v) is 5.49. The molecule has 2 aromatic carbocycles. The molecule has 1 saturated heterocycles. The highest BCUT2D eigenvalue weighted by molar-refractivity contribution is 8.00. The summed E-state index contributed by atoms with van der Waals surface area (Å²) in [4.78, 5) is 49.6. The Hall–Kier alpha value is -3.79. The quantitative estimate of drug-likeness (QED) is 0.369. The number of hydrogen-bond donors (Lipinski definition) is 2. The SMILES string of the molecule is CC(=O)OCC1=C(C(=O)O)N2C(=O)C[C@H]2SC1NC(=O)Cc1ccccc1OCCc1ccccc1. The van der Waals surface area contributed by atoms with E-state index in [1.165, 1.54) is 23.6 Å². The Morgan fingerprint density at radius 2 is 1.83 bits per heavy atom. The molecule has 0 radical (unpaired) electrons. The van der Waals surface area contributed by atoms with Gasteiger partial charge in [-0.25, -0.2) is 4.79 Å². The molecule has 2 amide bonds. The maximum absolute atomic E-state index is 13.0.